The Balaban J connectivity index is 1.84. The number of benzene rings is 1. The molecule has 0 saturated heterocycles. The molecule has 2 rings (SSSR count). The maximum absolute atomic E-state index is 12.5. The number of rotatable bonds is 9. The third-order valence-corrected chi connectivity index (χ3v) is 3.60. The number of hydroxylamine groups is 1. The highest BCUT2D eigenvalue weighted by molar-refractivity contribution is 5.94. The highest BCUT2D eigenvalue weighted by Gasteiger charge is 2.38. The zero-order chi connectivity index (χ0) is 19.9. The SMILES string of the molecule is CCON[C@@H](C)CCCNC(=O)c1ccc(-c2noc(C(F)(F)F)n2)cc1. The smallest absolute Gasteiger partial charge is 0.352 e. The average molecular weight is 386 g/mol. The summed E-state index contributed by atoms with van der Waals surface area (Å²) in [6, 6.07) is 6.10. The molecular formula is C17H21F3N4O3. The third-order valence-electron chi connectivity index (χ3n) is 3.60. The van der Waals surface area contributed by atoms with Crippen molar-refractivity contribution >= 4 is 5.91 Å². The van der Waals surface area contributed by atoms with E-state index in [1.54, 1.807) is 0 Å². The molecule has 148 valence electrons. The lowest BCUT2D eigenvalue weighted by Gasteiger charge is -2.12. The lowest BCUT2D eigenvalue weighted by Crippen LogP contribution is -2.29. The van der Waals surface area contributed by atoms with Gasteiger partial charge < -0.3 is 14.7 Å². The first kappa shape index (κ1) is 20.8. The third kappa shape index (κ3) is 6.33. The zero-order valence-electron chi connectivity index (χ0n) is 15.0. The standard InChI is InChI=1S/C17H21F3N4O3/c1-3-26-23-11(2)5-4-10-21-15(25)13-8-6-12(7-9-13)14-22-16(27-24-14)17(18,19)20/h6-9,11,23H,3-5,10H2,1-2H3,(H,21,25)/t11-/m0/s1. The molecule has 27 heavy (non-hydrogen) atoms. The summed E-state index contributed by atoms with van der Waals surface area (Å²) in [7, 11) is 0. The van der Waals surface area contributed by atoms with Crippen LogP contribution in [0.5, 0.6) is 0 Å². The van der Waals surface area contributed by atoms with Crippen molar-refractivity contribution in [3.63, 3.8) is 0 Å². The van der Waals surface area contributed by atoms with Gasteiger partial charge in [0.15, 0.2) is 0 Å². The lowest BCUT2D eigenvalue weighted by atomic mass is 10.1. The maximum atomic E-state index is 12.5. The molecule has 0 spiro atoms. The summed E-state index contributed by atoms with van der Waals surface area (Å²) in [5.41, 5.74) is 3.59. The van der Waals surface area contributed by atoms with Crippen molar-refractivity contribution in [2.45, 2.75) is 38.9 Å². The van der Waals surface area contributed by atoms with Crippen molar-refractivity contribution in [2.75, 3.05) is 13.2 Å². The van der Waals surface area contributed by atoms with E-state index in [0.29, 0.717) is 24.3 Å². The van der Waals surface area contributed by atoms with Crippen LogP contribution in [-0.4, -0.2) is 35.2 Å². The van der Waals surface area contributed by atoms with E-state index < -0.39 is 12.1 Å². The van der Waals surface area contributed by atoms with E-state index in [4.69, 9.17) is 4.84 Å². The second kappa shape index (κ2) is 9.47. The predicted octanol–water partition coefficient (Wildman–Crippen LogP) is 3.20. The number of carbonyl (C=O) groups excluding carboxylic acids is 1. The van der Waals surface area contributed by atoms with E-state index in [9.17, 15) is 18.0 Å². The fourth-order valence-corrected chi connectivity index (χ4v) is 2.22. The Morgan fingerprint density at radius 2 is 2.00 bits per heavy atom. The molecule has 1 aromatic heterocycles. The topological polar surface area (TPSA) is 89.3 Å². The average Bonchev–Trinajstić information content (AvgIpc) is 3.14. The van der Waals surface area contributed by atoms with E-state index >= 15 is 0 Å². The first-order valence-corrected chi connectivity index (χ1v) is 8.48. The fourth-order valence-electron chi connectivity index (χ4n) is 2.22. The van der Waals surface area contributed by atoms with Gasteiger partial charge >= 0.3 is 12.1 Å². The lowest BCUT2D eigenvalue weighted by molar-refractivity contribution is -0.159. The summed E-state index contributed by atoms with van der Waals surface area (Å²) in [4.78, 5) is 20.5. The van der Waals surface area contributed by atoms with Crippen molar-refractivity contribution in [1.82, 2.24) is 20.9 Å². The molecule has 0 aliphatic carbocycles. The Hall–Kier alpha value is -2.46. The normalized spacial score (nSPS) is 12.8. The summed E-state index contributed by atoms with van der Waals surface area (Å²) in [5, 5.41) is 6.09. The molecule has 0 aliphatic heterocycles. The second-order valence-corrected chi connectivity index (χ2v) is 5.85. The summed E-state index contributed by atoms with van der Waals surface area (Å²) in [6.07, 6.45) is -3.09. The van der Waals surface area contributed by atoms with E-state index in [-0.39, 0.29) is 17.8 Å². The monoisotopic (exact) mass is 386 g/mol. The van der Waals surface area contributed by atoms with Crippen molar-refractivity contribution in [3.8, 4) is 11.4 Å². The fraction of sp³-hybridized carbons (Fsp3) is 0.471. The van der Waals surface area contributed by atoms with Crippen LogP contribution < -0.4 is 10.8 Å². The summed E-state index contributed by atoms with van der Waals surface area (Å²) in [6.45, 7) is 4.95. The van der Waals surface area contributed by atoms with Crippen molar-refractivity contribution in [3.05, 3.63) is 35.7 Å². The Morgan fingerprint density at radius 1 is 1.30 bits per heavy atom. The molecule has 1 atom stereocenters. The molecule has 1 heterocycles. The van der Waals surface area contributed by atoms with Crippen LogP contribution in [0.4, 0.5) is 13.2 Å². The van der Waals surface area contributed by atoms with Crippen molar-refractivity contribution in [2.24, 2.45) is 0 Å². The molecule has 10 heteroatoms. The van der Waals surface area contributed by atoms with Crippen LogP contribution in [0.15, 0.2) is 28.8 Å². The van der Waals surface area contributed by atoms with Gasteiger partial charge in [0.2, 0.25) is 5.82 Å². The summed E-state index contributed by atoms with van der Waals surface area (Å²) in [5.74, 6) is -1.87. The van der Waals surface area contributed by atoms with E-state index in [1.807, 2.05) is 13.8 Å². The number of amides is 1. The Morgan fingerprint density at radius 3 is 2.59 bits per heavy atom. The van der Waals surface area contributed by atoms with Crippen LogP contribution >= 0.6 is 0 Å². The Kier molecular flexibility index (Phi) is 7.31. The van der Waals surface area contributed by atoms with Gasteiger partial charge in [-0.15, -0.1) is 0 Å². The number of alkyl halides is 3. The molecule has 0 aliphatic rings. The first-order valence-electron chi connectivity index (χ1n) is 8.48. The number of halogens is 3. The van der Waals surface area contributed by atoms with Gasteiger partial charge in [0.25, 0.3) is 5.91 Å². The highest BCUT2D eigenvalue weighted by Crippen LogP contribution is 2.29. The number of nitrogens with zero attached hydrogens (tertiary/aromatic N) is 2. The second-order valence-electron chi connectivity index (χ2n) is 5.85. The molecule has 0 radical (unpaired) electrons. The number of nitrogens with one attached hydrogen (secondary N) is 2. The minimum Gasteiger partial charge on any atom is -0.352 e. The minimum atomic E-state index is -4.69. The maximum Gasteiger partial charge on any atom is 0.471 e. The molecule has 2 aromatic rings. The Labute approximate surface area is 154 Å². The molecular weight excluding hydrogens is 365 g/mol. The molecule has 0 saturated carbocycles. The number of aromatic nitrogens is 2. The summed E-state index contributed by atoms with van der Waals surface area (Å²) < 4.78 is 41.6. The number of hydrogen-bond donors (Lipinski definition) is 2. The molecule has 0 fully saturated rings. The van der Waals surface area contributed by atoms with Crippen LogP contribution in [0.25, 0.3) is 11.4 Å². The van der Waals surface area contributed by atoms with Gasteiger partial charge in [0.1, 0.15) is 0 Å². The van der Waals surface area contributed by atoms with Crippen LogP contribution in [0.2, 0.25) is 0 Å². The van der Waals surface area contributed by atoms with Crippen molar-refractivity contribution in [1.29, 1.82) is 0 Å². The van der Waals surface area contributed by atoms with Gasteiger partial charge in [-0.05, 0) is 38.8 Å². The van der Waals surface area contributed by atoms with Crippen LogP contribution in [0, 0.1) is 0 Å². The van der Waals surface area contributed by atoms with Crippen LogP contribution in [-0.2, 0) is 11.0 Å². The first-order chi connectivity index (χ1) is 12.8. The molecule has 2 N–H and O–H groups in total. The predicted molar refractivity (Wildman–Crippen MR) is 90.5 cm³/mol. The van der Waals surface area contributed by atoms with E-state index in [1.165, 1.54) is 24.3 Å². The van der Waals surface area contributed by atoms with Gasteiger partial charge in [-0.1, -0.05) is 17.3 Å². The van der Waals surface area contributed by atoms with Gasteiger partial charge in [-0.3, -0.25) is 4.79 Å². The number of hydrogen-bond acceptors (Lipinski definition) is 6. The van der Waals surface area contributed by atoms with E-state index in [2.05, 4.69) is 25.5 Å². The highest BCUT2D eigenvalue weighted by atomic mass is 19.4. The van der Waals surface area contributed by atoms with E-state index in [0.717, 1.165) is 12.8 Å². The quantitative estimate of drug-likeness (QED) is 0.508. The van der Waals surface area contributed by atoms with Crippen molar-refractivity contribution < 1.29 is 27.3 Å². The Bertz CT molecular complexity index is 732. The minimum absolute atomic E-state index is 0.178. The zero-order valence-corrected chi connectivity index (χ0v) is 15.0. The molecule has 1 amide bonds. The van der Waals surface area contributed by atoms with Gasteiger partial charge in [-0.2, -0.15) is 23.6 Å². The van der Waals surface area contributed by atoms with Crippen LogP contribution in [0.1, 0.15) is 42.9 Å². The molecule has 0 unspecified atom stereocenters. The largest absolute Gasteiger partial charge is 0.471 e. The van der Waals surface area contributed by atoms with Crippen LogP contribution in [0.3, 0.4) is 0 Å². The van der Waals surface area contributed by atoms with Gasteiger partial charge in [0.05, 0.1) is 6.61 Å². The molecule has 7 nitrogen and oxygen atoms in total. The number of carbonyl (C=O) groups is 1. The van der Waals surface area contributed by atoms with Gasteiger partial charge in [-0.25, -0.2) is 0 Å². The molecule has 0 bridgehead atoms. The van der Waals surface area contributed by atoms with Gasteiger partial charge in [0, 0.05) is 23.7 Å². The summed E-state index contributed by atoms with van der Waals surface area (Å²) >= 11 is 0. The molecule has 1 aromatic carbocycles.